The fraction of sp³-hybridized carbons (Fsp3) is 0.300. The van der Waals surface area contributed by atoms with Crippen LogP contribution >= 0.6 is 0 Å². The van der Waals surface area contributed by atoms with Gasteiger partial charge in [0.15, 0.2) is 0 Å². The maximum absolute atomic E-state index is 12.6. The molecule has 140 valence electrons. The van der Waals surface area contributed by atoms with Gasteiger partial charge >= 0.3 is 0 Å². The molecule has 0 spiro atoms. The molecule has 0 saturated carbocycles. The molecule has 0 atom stereocenters. The first-order valence-corrected chi connectivity index (χ1v) is 10.5. The summed E-state index contributed by atoms with van der Waals surface area (Å²) >= 11 is 0. The molecule has 7 heteroatoms. The minimum atomic E-state index is -3.69. The highest BCUT2D eigenvalue weighted by atomic mass is 32.2. The van der Waals surface area contributed by atoms with E-state index < -0.39 is 10.0 Å². The third-order valence-corrected chi connectivity index (χ3v) is 6.59. The van der Waals surface area contributed by atoms with Crippen molar-refractivity contribution in [2.24, 2.45) is 0 Å². The minimum Gasteiger partial charge on any atom is -0.273 e. The van der Waals surface area contributed by atoms with Crippen LogP contribution in [0.4, 0.5) is 0 Å². The van der Waals surface area contributed by atoms with E-state index in [2.05, 4.69) is 4.72 Å². The number of nitrogens with one attached hydrogen (secondary N) is 1. The summed E-state index contributed by atoms with van der Waals surface area (Å²) in [5.74, 6) is -0.771. The summed E-state index contributed by atoms with van der Waals surface area (Å²) in [6.45, 7) is -0.0264. The number of hydrogen-bond acceptors (Lipinski definition) is 4. The maximum atomic E-state index is 12.6. The lowest BCUT2D eigenvalue weighted by Crippen LogP contribution is -2.38. The van der Waals surface area contributed by atoms with Gasteiger partial charge in [0.25, 0.3) is 11.8 Å². The molecular formula is C20H20N2O4S. The van der Waals surface area contributed by atoms with Gasteiger partial charge in [-0.1, -0.05) is 18.2 Å². The van der Waals surface area contributed by atoms with Crippen molar-refractivity contribution in [3.63, 3.8) is 0 Å². The summed E-state index contributed by atoms with van der Waals surface area (Å²) in [6.07, 6.45) is 4.10. The van der Waals surface area contributed by atoms with Crippen LogP contribution in [0.25, 0.3) is 0 Å². The maximum Gasteiger partial charge on any atom is 0.261 e. The smallest absolute Gasteiger partial charge is 0.261 e. The summed E-state index contributed by atoms with van der Waals surface area (Å²) in [5, 5.41) is 0. The van der Waals surface area contributed by atoms with Gasteiger partial charge in [-0.2, -0.15) is 0 Å². The molecule has 1 aliphatic carbocycles. The molecule has 0 unspecified atom stereocenters. The molecule has 1 N–H and O–H groups in total. The normalized spacial score (nSPS) is 16.4. The van der Waals surface area contributed by atoms with Crippen molar-refractivity contribution in [3.8, 4) is 0 Å². The van der Waals surface area contributed by atoms with Crippen molar-refractivity contribution in [3.05, 3.63) is 64.7 Å². The van der Waals surface area contributed by atoms with Crippen LogP contribution < -0.4 is 4.72 Å². The third kappa shape index (κ3) is 3.28. The molecule has 1 heterocycles. The zero-order valence-corrected chi connectivity index (χ0v) is 15.6. The molecule has 2 aliphatic rings. The van der Waals surface area contributed by atoms with Crippen LogP contribution in [0, 0.1) is 0 Å². The van der Waals surface area contributed by atoms with Crippen LogP contribution in [0.3, 0.4) is 0 Å². The van der Waals surface area contributed by atoms with E-state index in [0.717, 1.165) is 36.1 Å². The second-order valence-corrected chi connectivity index (χ2v) is 8.61. The van der Waals surface area contributed by atoms with Crippen LogP contribution in [0.5, 0.6) is 0 Å². The SMILES string of the molecule is O=C1c2ccccc2C(=O)N1CCNS(=O)(=O)c1ccc2c(c1)CCCC2. The summed E-state index contributed by atoms with van der Waals surface area (Å²) in [6, 6.07) is 11.8. The van der Waals surface area contributed by atoms with Crippen LogP contribution in [0.15, 0.2) is 47.4 Å². The molecule has 4 rings (SSSR count). The van der Waals surface area contributed by atoms with Crippen LogP contribution in [-0.2, 0) is 22.9 Å². The molecule has 6 nitrogen and oxygen atoms in total. The monoisotopic (exact) mass is 384 g/mol. The number of rotatable bonds is 5. The minimum absolute atomic E-state index is 0.00345. The van der Waals surface area contributed by atoms with Crippen molar-refractivity contribution < 1.29 is 18.0 Å². The molecular weight excluding hydrogens is 364 g/mol. The first kappa shape index (κ1) is 17.9. The van der Waals surface area contributed by atoms with Gasteiger partial charge in [0.1, 0.15) is 0 Å². The molecule has 1 aliphatic heterocycles. The van der Waals surface area contributed by atoms with Gasteiger partial charge < -0.3 is 0 Å². The number of carbonyl (C=O) groups is 2. The number of imide groups is 1. The number of sulfonamides is 1. The highest BCUT2D eigenvalue weighted by Gasteiger charge is 2.34. The van der Waals surface area contributed by atoms with Crippen molar-refractivity contribution in [1.29, 1.82) is 0 Å². The molecule has 2 amide bonds. The Labute approximate surface area is 158 Å². The predicted molar refractivity (Wildman–Crippen MR) is 100 cm³/mol. The Hall–Kier alpha value is -2.51. The highest BCUT2D eigenvalue weighted by molar-refractivity contribution is 7.89. The van der Waals surface area contributed by atoms with Crippen molar-refractivity contribution in [1.82, 2.24) is 9.62 Å². The van der Waals surface area contributed by atoms with Crippen LogP contribution in [0.2, 0.25) is 0 Å². The van der Waals surface area contributed by atoms with Gasteiger partial charge in [-0.25, -0.2) is 13.1 Å². The lowest BCUT2D eigenvalue weighted by atomic mass is 9.92. The summed E-state index contributed by atoms with van der Waals surface area (Å²) in [7, 11) is -3.69. The van der Waals surface area contributed by atoms with E-state index in [0.29, 0.717) is 11.1 Å². The first-order valence-electron chi connectivity index (χ1n) is 9.04. The molecule has 0 saturated heterocycles. The molecule has 0 fully saturated rings. The second-order valence-electron chi connectivity index (χ2n) is 6.84. The Morgan fingerprint density at radius 1 is 0.889 bits per heavy atom. The van der Waals surface area contributed by atoms with E-state index in [1.807, 2.05) is 6.07 Å². The van der Waals surface area contributed by atoms with Gasteiger partial charge in [0, 0.05) is 13.1 Å². The van der Waals surface area contributed by atoms with E-state index in [9.17, 15) is 18.0 Å². The average molecular weight is 384 g/mol. The number of fused-ring (bicyclic) bond motifs is 2. The van der Waals surface area contributed by atoms with Crippen molar-refractivity contribution >= 4 is 21.8 Å². The van der Waals surface area contributed by atoms with Gasteiger partial charge in [0.05, 0.1) is 16.0 Å². The number of benzene rings is 2. The van der Waals surface area contributed by atoms with Gasteiger partial charge in [-0.05, 0) is 61.1 Å². The van der Waals surface area contributed by atoms with Crippen LogP contribution in [-0.4, -0.2) is 38.2 Å². The molecule has 0 bridgehead atoms. The Kier molecular flexibility index (Phi) is 4.57. The number of aryl methyl sites for hydroxylation is 2. The number of nitrogens with zero attached hydrogens (tertiary/aromatic N) is 1. The molecule has 27 heavy (non-hydrogen) atoms. The molecule has 2 aromatic rings. The largest absolute Gasteiger partial charge is 0.273 e. The molecule has 2 aromatic carbocycles. The van der Waals surface area contributed by atoms with Crippen molar-refractivity contribution in [2.45, 2.75) is 30.6 Å². The third-order valence-electron chi connectivity index (χ3n) is 5.14. The Balaban J connectivity index is 1.43. The number of amides is 2. The Bertz CT molecular complexity index is 995. The highest BCUT2D eigenvalue weighted by Crippen LogP contribution is 2.24. The van der Waals surface area contributed by atoms with Gasteiger partial charge in [-0.15, -0.1) is 0 Å². The molecule has 0 radical (unpaired) electrons. The Morgan fingerprint density at radius 2 is 1.52 bits per heavy atom. The van der Waals surface area contributed by atoms with E-state index >= 15 is 0 Å². The predicted octanol–water partition coefficient (Wildman–Crippen LogP) is 2.14. The number of hydrogen-bond donors (Lipinski definition) is 1. The first-order chi connectivity index (χ1) is 13.0. The summed E-state index contributed by atoms with van der Waals surface area (Å²) in [5.41, 5.74) is 3.02. The zero-order chi connectivity index (χ0) is 19.0. The van der Waals surface area contributed by atoms with E-state index in [1.165, 1.54) is 5.56 Å². The fourth-order valence-electron chi connectivity index (χ4n) is 3.69. The fourth-order valence-corrected chi connectivity index (χ4v) is 4.77. The van der Waals surface area contributed by atoms with E-state index in [1.54, 1.807) is 36.4 Å². The summed E-state index contributed by atoms with van der Waals surface area (Å²) < 4.78 is 27.7. The topological polar surface area (TPSA) is 83.6 Å². The number of carbonyl (C=O) groups excluding carboxylic acids is 2. The van der Waals surface area contributed by atoms with Gasteiger partial charge in [0.2, 0.25) is 10.0 Å². The van der Waals surface area contributed by atoms with E-state index in [-0.39, 0.29) is 29.8 Å². The average Bonchev–Trinajstić information content (AvgIpc) is 2.93. The second kappa shape index (κ2) is 6.90. The van der Waals surface area contributed by atoms with Crippen molar-refractivity contribution in [2.75, 3.05) is 13.1 Å². The standard InChI is InChI=1S/C20H20N2O4S/c23-19-17-7-3-4-8-18(17)20(24)22(19)12-11-21-27(25,26)16-10-9-14-5-1-2-6-15(14)13-16/h3-4,7-10,13,21H,1-2,5-6,11-12H2. The summed E-state index contributed by atoms with van der Waals surface area (Å²) in [4.78, 5) is 26.0. The van der Waals surface area contributed by atoms with Gasteiger partial charge in [-0.3, -0.25) is 14.5 Å². The lowest BCUT2D eigenvalue weighted by molar-refractivity contribution is 0.0657. The van der Waals surface area contributed by atoms with Crippen LogP contribution in [0.1, 0.15) is 44.7 Å². The quantitative estimate of drug-likeness (QED) is 0.801. The Morgan fingerprint density at radius 3 is 2.19 bits per heavy atom. The van der Waals surface area contributed by atoms with E-state index in [4.69, 9.17) is 0 Å². The lowest BCUT2D eigenvalue weighted by Gasteiger charge is -2.17. The zero-order valence-electron chi connectivity index (χ0n) is 14.8. The molecule has 0 aromatic heterocycles.